The van der Waals surface area contributed by atoms with E-state index < -0.39 is 5.91 Å². The van der Waals surface area contributed by atoms with E-state index in [4.69, 9.17) is 5.26 Å². The molecule has 0 saturated heterocycles. The number of nitrogens with zero attached hydrogens (tertiary/aromatic N) is 2. The van der Waals surface area contributed by atoms with Crippen molar-refractivity contribution in [1.82, 2.24) is 0 Å². The highest BCUT2D eigenvalue weighted by Gasteiger charge is 2.09. The van der Waals surface area contributed by atoms with Crippen LogP contribution in [0.25, 0.3) is 6.08 Å². The quantitative estimate of drug-likeness (QED) is 0.691. The fraction of sp³-hybridized carbons (Fsp3) is 0.105. The zero-order chi connectivity index (χ0) is 16.7. The first-order valence-corrected chi connectivity index (χ1v) is 7.18. The van der Waals surface area contributed by atoms with Gasteiger partial charge in [0.15, 0.2) is 0 Å². The Kier molecular flexibility index (Phi) is 5.28. The highest BCUT2D eigenvalue weighted by Crippen LogP contribution is 2.13. The molecule has 0 fully saturated rings. The van der Waals surface area contributed by atoms with Crippen LogP contribution in [-0.2, 0) is 11.2 Å². The molecule has 1 amide bonds. The molecule has 112 valence electrons. The molecule has 0 spiro atoms. The lowest BCUT2D eigenvalue weighted by Gasteiger charge is -2.05. The largest absolute Gasteiger partial charge is 0.321 e. The maximum absolute atomic E-state index is 12.2. The van der Waals surface area contributed by atoms with Crippen LogP contribution in [0.1, 0.15) is 23.6 Å². The Morgan fingerprint density at radius 3 is 2.26 bits per heavy atom. The number of hydrogen-bond donors (Lipinski definition) is 1. The molecule has 0 saturated carbocycles. The van der Waals surface area contributed by atoms with Crippen molar-refractivity contribution in [3.05, 3.63) is 70.8 Å². The fourth-order valence-corrected chi connectivity index (χ4v) is 1.99. The Labute approximate surface area is 135 Å². The zero-order valence-electron chi connectivity index (χ0n) is 12.7. The third-order valence-corrected chi connectivity index (χ3v) is 3.34. The molecule has 23 heavy (non-hydrogen) atoms. The SMILES string of the molecule is CCc1ccc(NC(=O)/C(C#N)=C/c2ccc(C#N)cc2)cc1. The van der Waals surface area contributed by atoms with Gasteiger partial charge < -0.3 is 5.32 Å². The van der Waals surface area contributed by atoms with Gasteiger partial charge in [0, 0.05) is 5.69 Å². The van der Waals surface area contributed by atoms with E-state index >= 15 is 0 Å². The molecule has 2 aromatic rings. The number of carbonyl (C=O) groups excluding carboxylic acids is 1. The second-order valence-electron chi connectivity index (χ2n) is 4.91. The van der Waals surface area contributed by atoms with E-state index in [1.807, 2.05) is 36.4 Å². The third-order valence-electron chi connectivity index (χ3n) is 3.34. The van der Waals surface area contributed by atoms with Crippen LogP contribution in [0.15, 0.2) is 54.1 Å². The number of nitrogens with one attached hydrogen (secondary N) is 1. The Balaban J connectivity index is 2.15. The van der Waals surface area contributed by atoms with Gasteiger partial charge in [0.1, 0.15) is 11.6 Å². The summed E-state index contributed by atoms with van der Waals surface area (Å²) in [6, 6.07) is 18.1. The summed E-state index contributed by atoms with van der Waals surface area (Å²) in [5, 5.41) is 20.7. The molecule has 0 aromatic heterocycles. The van der Waals surface area contributed by atoms with Gasteiger partial charge in [0.05, 0.1) is 11.6 Å². The molecule has 0 atom stereocenters. The van der Waals surface area contributed by atoms with E-state index in [1.165, 1.54) is 11.6 Å². The van der Waals surface area contributed by atoms with Crippen LogP contribution >= 0.6 is 0 Å². The number of rotatable bonds is 4. The van der Waals surface area contributed by atoms with Crippen LogP contribution in [-0.4, -0.2) is 5.91 Å². The lowest BCUT2D eigenvalue weighted by Crippen LogP contribution is -2.13. The first-order valence-electron chi connectivity index (χ1n) is 7.18. The molecule has 0 aliphatic rings. The molecular formula is C19H15N3O. The maximum Gasteiger partial charge on any atom is 0.266 e. The lowest BCUT2D eigenvalue weighted by molar-refractivity contribution is -0.112. The Morgan fingerprint density at radius 2 is 1.74 bits per heavy atom. The normalized spacial score (nSPS) is 10.5. The van der Waals surface area contributed by atoms with Crippen molar-refractivity contribution in [2.75, 3.05) is 5.32 Å². The van der Waals surface area contributed by atoms with Crippen LogP contribution in [0.3, 0.4) is 0 Å². The number of aryl methyl sites for hydroxylation is 1. The first kappa shape index (κ1) is 16.0. The van der Waals surface area contributed by atoms with E-state index in [9.17, 15) is 10.1 Å². The average Bonchev–Trinajstić information content (AvgIpc) is 2.60. The maximum atomic E-state index is 12.2. The highest BCUT2D eigenvalue weighted by atomic mass is 16.1. The van der Waals surface area contributed by atoms with Gasteiger partial charge in [0.25, 0.3) is 5.91 Å². The molecule has 2 aromatic carbocycles. The molecule has 0 aliphatic heterocycles. The van der Waals surface area contributed by atoms with Crippen molar-refractivity contribution in [2.24, 2.45) is 0 Å². The van der Waals surface area contributed by atoms with Gasteiger partial charge in [-0.2, -0.15) is 10.5 Å². The van der Waals surface area contributed by atoms with E-state index in [2.05, 4.69) is 12.2 Å². The molecule has 0 bridgehead atoms. The summed E-state index contributed by atoms with van der Waals surface area (Å²) in [6.07, 6.45) is 2.42. The predicted molar refractivity (Wildman–Crippen MR) is 89.2 cm³/mol. The molecule has 4 heteroatoms. The summed E-state index contributed by atoms with van der Waals surface area (Å²) < 4.78 is 0. The molecule has 2 rings (SSSR count). The van der Waals surface area contributed by atoms with Crippen LogP contribution in [0.2, 0.25) is 0 Å². The van der Waals surface area contributed by atoms with E-state index in [1.54, 1.807) is 24.3 Å². The van der Waals surface area contributed by atoms with Gasteiger partial charge in [-0.1, -0.05) is 31.2 Å². The molecule has 0 aliphatic carbocycles. The molecule has 0 radical (unpaired) electrons. The lowest BCUT2D eigenvalue weighted by atomic mass is 10.1. The van der Waals surface area contributed by atoms with Crippen molar-refractivity contribution in [2.45, 2.75) is 13.3 Å². The van der Waals surface area contributed by atoms with Crippen molar-refractivity contribution in [3.8, 4) is 12.1 Å². The topological polar surface area (TPSA) is 76.7 Å². The minimum absolute atomic E-state index is 0.00859. The summed E-state index contributed by atoms with van der Waals surface area (Å²) in [5.41, 5.74) is 3.05. The number of hydrogen-bond acceptors (Lipinski definition) is 3. The Bertz CT molecular complexity index is 804. The van der Waals surface area contributed by atoms with Gasteiger partial charge in [-0.05, 0) is 47.9 Å². The van der Waals surface area contributed by atoms with Crippen LogP contribution in [0, 0.1) is 22.7 Å². The van der Waals surface area contributed by atoms with Crippen molar-refractivity contribution in [3.63, 3.8) is 0 Å². The van der Waals surface area contributed by atoms with Crippen LogP contribution in [0.4, 0.5) is 5.69 Å². The first-order chi connectivity index (χ1) is 11.2. The highest BCUT2D eigenvalue weighted by molar-refractivity contribution is 6.09. The fourth-order valence-electron chi connectivity index (χ4n) is 1.99. The number of benzene rings is 2. The monoisotopic (exact) mass is 301 g/mol. The molecular weight excluding hydrogens is 286 g/mol. The van der Waals surface area contributed by atoms with Gasteiger partial charge in [-0.3, -0.25) is 4.79 Å². The Hall–Kier alpha value is -3.37. The summed E-state index contributed by atoms with van der Waals surface area (Å²) in [5.74, 6) is -0.457. The predicted octanol–water partition coefficient (Wildman–Crippen LogP) is 3.67. The van der Waals surface area contributed by atoms with Crippen molar-refractivity contribution < 1.29 is 4.79 Å². The van der Waals surface area contributed by atoms with Crippen LogP contribution < -0.4 is 5.32 Å². The second kappa shape index (κ2) is 7.59. The smallest absolute Gasteiger partial charge is 0.266 e. The van der Waals surface area contributed by atoms with E-state index in [-0.39, 0.29) is 5.57 Å². The summed E-state index contributed by atoms with van der Waals surface area (Å²) >= 11 is 0. The summed E-state index contributed by atoms with van der Waals surface area (Å²) in [7, 11) is 0. The average molecular weight is 301 g/mol. The minimum Gasteiger partial charge on any atom is -0.321 e. The zero-order valence-corrected chi connectivity index (χ0v) is 12.7. The molecule has 0 unspecified atom stereocenters. The Morgan fingerprint density at radius 1 is 1.09 bits per heavy atom. The molecule has 1 N–H and O–H groups in total. The van der Waals surface area contributed by atoms with Crippen molar-refractivity contribution >= 4 is 17.7 Å². The molecule has 0 heterocycles. The van der Waals surface area contributed by atoms with E-state index in [0.29, 0.717) is 16.8 Å². The van der Waals surface area contributed by atoms with Crippen LogP contribution in [0.5, 0.6) is 0 Å². The summed E-state index contributed by atoms with van der Waals surface area (Å²) in [4.78, 5) is 12.2. The molecule has 4 nitrogen and oxygen atoms in total. The number of nitriles is 2. The van der Waals surface area contributed by atoms with Gasteiger partial charge >= 0.3 is 0 Å². The van der Waals surface area contributed by atoms with Crippen molar-refractivity contribution in [1.29, 1.82) is 10.5 Å². The number of carbonyl (C=O) groups is 1. The van der Waals surface area contributed by atoms with Gasteiger partial charge in [0.2, 0.25) is 0 Å². The standard InChI is InChI=1S/C19H15N3O/c1-2-14-7-9-18(10-8-14)22-19(23)17(13-21)11-15-3-5-16(12-20)6-4-15/h3-11H,2H2,1H3,(H,22,23)/b17-11+. The minimum atomic E-state index is -0.457. The third kappa shape index (κ3) is 4.30. The number of anilines is 1. The van der Waals surface area contributed by atoms with Gasteiger partial charge in [-0.25, -0.2) is 0 Å². The summed E-state index contributed by atoms with van der Waals surface area (Å²) in [6.45, 7) is 2.06. The van der Waals surface area contributed by atoms with Gasteiger partial charge in [-0.15, -0.1) is 0 Å². The van der Waals surface area contributed by atoms with E-state index in [0.717, 1.165) is 6.42 Å². The second-order valence-corrected chi connectivity index (χ2v) is 4.91. The number of amides is 1.